The summed E-state index contributed by atoms with van der Waals surface area (Å²) in [6, 6.07) is 0. The Bertz CT molecular complexity index is 1720. The number of phosphoric ester groups is 2. The maximum Gasteiger partial charge on any atom is 0.472 e. The van der Waals surface area contributed by atoms with Crippen LogP contribution in [0.2, 0.25) is 0 Å². The Morgan fingerprint density at radius 3 is 0.773 bits per heavy atom. The molecule has 3 N–H and O–H groups in total. The zero-order valence-corrected chi connectivity index (χ0v) is 58.8. The van der Waals surface area contributed by atoms with Crippen LogP contribution in [-0.2, 0) is 65.4 Å². The summed E-state index contributed by atoms with van der Waals surface area (Å²) < 4.78 is 68.1. The summed E-state index contributed by atoms with van der Waals surface area (Å²) in [4.78, 5) is 72.3. The van der Waals surface area contributed by atoms with Crippen LogP contribution in [0.3, 0.4) is 0 Å². The van der Waals surface area contributed by atoms with E-state index in [1.54, 1.807) is 0 Å². The topological polar surface area (TPSA) is 237 Å². The number of ether oxygens (including phenoxy) is 4. The Balaban J connectivity index is 5.17. The van der Waals surface area contributed by atoms with Crippen molar-refractivity contribution in [3.8, 4) is 0 Å². The second kappa shape index (κ2) is 61.3. The Morgan fingerprint density at radius 1 is 0.307 bits per heavy atom. The maximum atomic E-state index is 13.0. The molecule has 0 bridgehead atoms. The molecule has 0 saturated heterocycles. The summed E-state index contributed by atoms with van der Waals surface area (Å²) in [5.41, 5.74) is 0. The van der Waals surface area contributed by atoms with Gasteiger partial charge in [0, 0.05) is 25.7 Å². The molecule has 5 atom stereocenters. The first-order chi connectivity index (χ1) is 42.4. The minimum absolute atomic E-state index is 0.103. The fourth-order valence-electron chi connectivity index (χ4n) is 10.4. The largest absolute Gasteiger partial charge is 0.472 e. The lowest BCUT2D eigenvalue weighted by atomic mass is 10.0. The van der Waals surface area contributed by atoms with Crippen molar-refractivity contribution in [3.05, 3.63) is 0 Å². The molecule has 0 rings (SSSR count). The number of unbranched alkanes of at least 4 members (excludes halogenated alkanes) is 38. The molecule has 17 nitrogen and oxygen atoms in total. The molecule has 2 unspecified atom stereocenters. The van der Waals surface area contributed by atoms with E-state index < -0.39 is 97.5 Å². The van der Waals surface area contributed by atoms with E-state index in [0.717, 1.165) is 109 Å². The van der Waals surface area contributed by atoms with Crippen molar-refractivity contribution in [3.63, 3.8) is 0 Å². The predicted molar refractivity (Wildman–Crippen MR) is 354 cm³/mol. The number of carbonyl (C=O) groups excluding carboxylic acids is 4. The van der Waals surface area contributed by atoms with Gasteiger partial charge in [-0.1, -0.05) is 298 Å². The van der Waals surface area contributed by atoms with E-state index >= 15 is 0 Å². The maximum absolute atomic E-state index is 13.0. The summed E-state index contributed by atoms with van der Waals surface area (Å²) in [7, 11) is -9.89. The van der Waals surface area contributed by atoms with Crippen molar-refractivity contribution >= 4 is 39.5 Å². The van der Waals surface area contributed by atoms with Gasteiger partial charge in [-0.25, -0.2) is 9.13 Å². The molecule has 0 spiro atoms. The first kappa shape index (κ1) is 86.1. The lowest BCUT2D eigenvalue weighted by molar-refractivity contribution is -0.161. The number of carbonyl (C=O) groups is 4. The van der Waals surface area contributed by atoms with Gasteiger partial charge in [0.25, 0.3) is 0 Å². The fraction of sp³-hybridized carbons (Fsp3) is 0.942. The highest BCUT2D eigenvalue weighted by atomic mass is 31.2. The molecule has 0 heterocycles. The molecule has 88 heavy (non-hydrogen) atoms. The number of hydrogen-bond acceptors (Lipinski definition) is 15. The van der Waals surface area contributed by atoms with Gasteiger partial charge in [0.2, 0.25) is 0 Å². The van der Waals surface area contributed by atoms with Gasteiger partial charge in [0.15, 0.2) is 12.2 Å². The van der Waals surface area contributed by atoms with Crippen LogP contribution in [0, 0.1) is 11.8 Å². The van der Waals surface area contributed by atoms with Crippen molar-refractivity contribution < 1.29 is 80.2 Å². The molecule has 0 fully saturated rings. The predicted octanol–water partition coefficient (Wildman–Crippen LogP) is 19.6. The average molecular weight is 1300 g/mol. The second-order valence-corrected chi connectivity index (χ2v) is 28.8. The Kier molecular flexibility index (Phi) is 59.9. The number of aliphatic hydroxyl groups excluding tert-OH is 1. The molecule has 0 aromatic rings. The van der Waals surface area contributed by atoms with Crippen LogP contribution in [0.1, 0.15) is 350 Å². The molecule has 0 aromatic carbocycles. The summed E-state index contributed by atoms with van der Waals surface area (Å²) in [6.07, 6.45) is 46.1. The normalized spacial score (nSPS) is 14.2. The van der Waals surface area contributed by atoms with Crippen LogP contribution in [0.25, 0.3) is 0 Å². The molecule has 19 heteroatoms. The zero-order chi connectivity index (χ0) is 65.0. The smallest absolute Gasteiger partial charge is 0.462 e. The number of esters is 4. The lowest BCUT2D eigenvalue weighted by Crippen LogP contribution is -2.30. The second-order valence-electron chi connectivity index (χ2n) is 25.9. The van der Waals surface area contributed by atoms with E-state index in [4.69, 9.17) is 37.0 Å². The highest BCUT2D eigenvalue weighted by molar-refractivity contribution is 7.47. The number of phosphoric acid groups is 2. The number of hydrogen-bond donors (Lipinski definition) is 3. The molecule has 0 aliphatic rings. The van der Waals surface area contributed by atoms with Crippen LogP contribution < -0.4 is 0 Å². The first-order valence-corrected chi connectivity index (χ1v) is 39.0. The standard InChI is InChI=1S/C69H134O17P2/c1-7-9-11-13-15-16-17-25-28-34-40-46-52-67(72)80-58-65(85-68(73)53-47-41-35-29-26-23-21-19-18-20-22-24-27-32-37-43-49-61(3)4)60-84-88(77,78)82-56-63(70)55-81-87(75,76)83-59-64(57-79-66(71)51-45-39-31-14-12-10-8-2)86-69(74)54-48-42-36-30-33-38-44-50-62(5)6/h61-65,70H,7-60H2,1-6H3,(H,75,76)(H,77,78)/t63-,64+,65+/m0/s1. The molecule has 0 aliphatic carbocycles. The molecule has 0 aliphatic heterocycles. The summed E-state index contributed by atoms with van der Waals surface area (Å²) >= 11 is 0. The first-order valence-electron chi connectivity index (χ1n) is 36.0. The third-order valence-corrected chi connectivity index (χ3v) is 17.9. The van der Waals surface area contributed by atoms with Gasteiger partial charge in [0.1, 0.15) is 19.3 Å². The van der Waals surface area contributed by atoms with Crippen molar-refractivity contribution in [2.45, 2.75) is 368 Å². The quantitative estimate of drug-likeness (QED) is 0.0222. The molecule has 0 radical (unpaired) electrons. The monoisotopic (exact) mass is 1300 g/mol. The van der Waals surface area contributed by atoms with Gasteiger partial charge in [-0.3, -0.25) is 37.3 Å². The molecule has 522 valence electrons. The van der Waals surface area contributed by atoms with E-state index in [9.17, 15) is 43.2 Å². The molecule has 0 saturated carbocycles. The van der Waals surface area contributed by atoms with Crippen LogP contribution in [-0.4, -0.2) is 96.7 Å². The zero-order valence-electron chi connectivity index (χ0n) is 57.0. The Labute approximate surface area is 537 Å². The lowest BCUT2D eigenvalue weighted by Gasteiger charge is -2.21. The van der Waals surface area contributed by atoms with Gasteiger partial charge in [-0.2, -0.15) is 0 Å². The van der Waals surface area contributed by atoms with E-state index in [1.807, 2.05) is 0 Å². The van der Waals surface area contributed by atoms with Gasteiger partial charge in [0.05, 0.1) is 26.4 Å². The van der Waals surface area contributed by atoms with Gasteiger partial charge in [-0.05, 0) is 37.5 Å². The van der Waals surface area contributed by atoms with E-state index in [1.165, 1.54) is 154 Å². The molecular weight excluding hydrogens is 1160 g/mol. The van der Waals surface area contributed by atoms with E-state index in [-0.39, 0.29) is 25.7 Å². The van der Waals surface area contributed by atoms with E-state index in [2.05, 4.69) is 41.5 Å². The minimum Gasteiger partial charge on any atom is -0.462 e. The summed E-state index contributed by atoms with van der Waals surface area (Å²) in [5, 5.41) is 10.6. The Hall–Kier alpha value is -1.94. The van der Waals surface area contributed by atoms with Crippen LogP contribution in [0.15, 0.2) is 0 Å². The van der Waals surface area contributed by atoms with Gasteiger partial charge < -0.3 is 33.8 Å². The highest BCUT2D eigenvalue weighted by Crippen LogP contribution is 2.45. The third-order valence-electron chi connectivity index (χ3n) is 16.0. The van der Waals surface area contributed by atoms with Crippen molar-refractivity contribution in [2.75, 3.05) is 39.6 Å². The minimum atomic E-state index is -4.95. The van der Waals surface area contributed by atoms with Crippen LogP contribution in [0.4, 0.5) is 0 Å². The third kappa shape index (κ3) is 62.8. The Morgan fingerprint density at radius 2 is 0.523 bits per heavy atom. The van der Waals surface area contributed by atoms with Gasteiger partial charge >= 0.3 is 39.5 Å². The highest BCUT2D eigenvalue weighted by Gasteiger charge is 2.30. The fourth-order valence-corrected chi connectivity index (χ4v) is 12.0. The van der Waals surface area contributed by atoms with Crippen molar-refractivity contribution in [2.24, 2.45) is 11.8 Å². The molecule has 0 aromatic heterocycles. The number of aliphatic hydroxyl groups is 1. The summed E-state index contributed by atoms with van der Waals surface area (Å²) in [6.45, 7) is 9.46. The van der Waals surface area contributed by atoms with Crippen LogP contribution in [0.5, 0.6) is 0 Å². The summed E-state index contributed by atoms with van der Waals surface area (Å²) in [5.74, 6) is -0.626. The van der Waals surface area contributed by atoms with Gasteiger partial charge in [-0.15, -0.1) is 0 Å². The molecule has 0 amide bonds. The van der Waals surface area contributed by atoms with E-state index in [0.29, 0.717) is 31.6 Å². The SMILES string of the molecule is CCCCCCCCCCCCCCC(=O)OC[C@H](COP(=O)(O)OC[C@@H](O)COP(=O)(O)OC[C@@H](COC(=O)CCCCCCCCC)OC(=O)CCCCCCCCCC(C)C)OC(=O)CCCCCCCCCCCCCCCCCCC(C)C. The molecular formula is C69H134O17P2. The van der Waals surface area contributed by atoms with Crippen LogP contribution >= 0.6 is 15.6 Å². The number of rotatable bonds is 68. The van der Waals surface area contributed by atoms with Crippen molar-refractivity contribution in [1.82, 2.24) is 0 Å². The van der Waals surface area contributed by atoms with Crippen molar-refractivity contribution in [1.29, 1.82) is 0 Å². The average Bonchev–Trinajstić information content (AvgIpc) is 3.56.